The Labute approximate surface area is 215 Å². The summed E-state index contributed by atoms with van der Waals surface area (Å²) in [6, 6.07) is 8.28. The summed E-state index contributed by atoms with van der Waals surface area (Å²) < 4.78 is 53.9. The molecular formula is C25H26F4N2O5S. The lowest BCUT2D eigenvalue weighted by Crippen LogP contribution is -2.48. The zero-order valence-corrected chi connectivity index (χ0v) is 20.4. The third-order valence-corrected chi connectivity index (χ3v) is 7.18. The third-order valence-electron chi connectivity index (χ3n) is 5.99. The molecule has 1 atom stereocenters. The fraction of sp³-hybridized carbons (Fsp3) is 0.360. The number of fused-ring (bicyclic) bond motifs is 2. The molecule has 0 aromatic heterocycles. The fourth-order valence-corrected chi connectivity index (χ4v) is 5.36. The highest BCUT2D eigenvalue weighted by Gasteiger charge is 2.35. The Bertz CT molecular complexity index is 1130. The second-order valence-corrected chi connectivity index (χ2v) is 9.52. The highest BCUT2D eigenvalue weighted by Crippen LogP contribution is 2.45. The second kappa shape index (κ2) is 12.5. The largest absolute Gasteiger partial charge is 0.478 e. The van der Waals surface area contributed by atoms with Crippen LogP contribution in [-0.2, 0) is 22.2 Å². The predicted molar refractivity (Wildman–Crippen MR) is 128 cm³/mol. The van der Waals surface area contributed by atoms with Crippen molar-refractivity contribution >= 4 is 23.7 Å². The molecule has 4 rings (SSSR count). The van der Waals surface area contributed by atoms with Gasteiger partial charge in [-0.15, -0.1) is 0 Å². The van der Waals surface area contributed by atoms with Gasteiger partial charge in [0.1, 0.15) is 5.82 Å². The maximum Gasteiger partial charge on any atom is 0.416 e. The molecule has 0 aliphatic carbocycles. The van der Waals surface area contributed by atoms with Gasteiger partial charge in [-0.05, 0) is 47.9 Å². The molecule has 2 aliphatic heterocycles. The normalized spacial score (nSPS) is 18.4. The van der Waals surface area contributed by atoms with Crippen molar-refractivity contribution in [2.45, 2.75) is 28.4 Å². The van der Waals surface area contributed by atoms with Gasteiger partial charge in [0, 0.05) is 60.7 Å². The number of hydrogen-bond donors (Lipinski definition) is 3. The lowest BCUT2D eigenvalue weighted by Gasteiger charge is -2.39. The molecule has 12 heteroatoms. The molecule has 3 N–H and O–H groups in total. The zero-order chi connectivity index (χ0) is 27.2. The number of carboxylic acids is 2. The lowest BCUT2D eigenvalue weighted by molar-refractivity contribution is -0.137. The monoisotopic (exact) mass is 542 g/mol. The molecule has 1 unspecified atom stereocenters. The molecule has 200 valence electrons. The molecule has 0 radical (unpaired) electrons. The SMILES string of the molecule is O=C(O)/C=C\C(=O)O.OCCN1CCN(C2Cc3ccc(F)cc3Sc3ccc(C(F)(F)F)cc32)CC1. The molecule has 0 bridgehead atoms. The zero-order valence-electron chi connectivity index (χ0n) is 19.6. The Morgan fingerprint density at radius 2 is 1.62 bits per heavy atom. The van der Waals surface area contributed by atoms with Crippen LogP contribution in [0.15, 0.2) is 58.3 Å². The number of benzene rings is 2. The molecular weight excluding hydrogens is 516 g/mol. The van der Waals surface area contributed by atoms with Crippen molar-refractivity contribution < 1.29 is 42.5 Å². The predicted octanol–water partition coefficient (Wildman–Crippen LogP) is 3.91. The summed E-state index contributed by atoms with van der Waals surface area (Å²) in [5.41, 5.74) is 0.943. The molecule has 2 aromatic rings. The number of hydrogen-bond acceptors (Lipinski definition) is 6. The molecule has 2 heterocycles. The van der Waals surface area contributed by atoms with Gasteiger partial charge in [-0.1, -0.05) is 17.8 Å². The van der Waals surface area contributed by atoms with Crippen LogP contribution >= 0.6 is 11.8 Å². The number of aliphatic hydroxyl groups is 1. The number of aliphatic carboxylic acids is 2. The maximum atomic E-state index is 13.8. The Morgan fingerprint density at radius 1 is 0.973 bits per heavy atom. The van der Waals surface area contributed by atoms with Gasteiger partial charge < -0.3 is 15.3 Å². The van der Waals surface area contributed by atoms with Gasteiger partial charge in [-0.25, -0.2) is 14.0 Å². The van der Waals surface area contributed by atoms with Crippen molar-refractivity contribution in [1.82, 2.24) is 9.80 Å². The average Bonchev–Trinajstić information content (AvgIpc) is 2.99. The van der Waals surface area contributed by atoms with E-state index in [0.717, 1.165) is 34.5 Å². The molecule has 37 heavy (non-hydrogen) atoms. The first kappa shape index (κ1) is 28.6. The van der Waals surface area contributed by atoms with E-state index >= 15 is 0 Å². The minimum absolute atomic E-state index is 0.0940. The number of halogens is 4. The van der Waals surface area contributed by atoms with Crippen LogP contribution in [0, 0.1) is 5.82 Å². The number of rotatable bonds is 5. The molecule has 1 fully saturated rings. The van der Waals surface area contributed by atoms with Crippen LogP contribution < -0.4 is 0 Å². The van der Waals surface area contributed by atoms with E-state index < -0.39 is 23.7 Å². The van der Waals surface area contributed by atoms with Gasteiger partial charge in [0.15, 0.2) is 0 Å². The van der Waals surface area contributed by atoms with Crippen LogP contribution in [-0.4, -0.2) is 76.4 Å². The van der Waals surface area contributed by atoms with Crippen LogP contribution in [0.4, 0.5) is 17.6 Å². The number of carbonyl (C=O) groups is 2. The highest BCUT2D eigenvalue weighted by molar-refractivity contribution is 7.99. The molecule has 7 nitrogen and oxygen atoms in total. The summed E-state index contributed by atoms with van der Waals surface area (Å²) in [5, 5.41) is 24.8. The van der Waals surface area contributed by atoms with Crippen molar-refractivity contribution in [2.24, 2.45) is 0 Å². The van der Waals surface area contributed by atoms with Gasteiger partial charge in [0.2, 0.25) is 0 Å². The van der Waals surface area contributed by atoms with E-state index in [2.05, 4.69) is 9.80 Å². The van der Waals surface area contributed by atoms with E-state index in [1.54, 1.807) is 6.07 Å². The highest BCUT2D eigenvalue weighted by atomic mass is 32.2. The molecule has 0 saturated carbocycles. The first-order chi connectivity index (χ1) is 17.5. The van der Waals surface area contributed by atoms with Crippen LogP contribution in [0.2, 0.25) is 0 Å². The van der Waals surface area contributed by atoms with E-state index in [0.29, 0.717) is 43.8 Å². The van der Waals surface area contributed by atoms with Crippen molar-refractivity contribution in [3.63, 3.8) is 0 Å². The Kier molecular flexibility index (Phi) is 9.71. The van der Waals surface area contributed by atoms with E-state index in [1.165, 1.54) is 36.0 Å². The Hall–Kier alpha value is -2.93. The standard InChI is InChI=1S/C21H22F4N2OS.C4H4O4/c22-16-3-1-14-11-18(27-7-5-26(6-8-27)9-10-28)17-12-15(21(23,24)25)2-4-19(17)29-20(14)13-16;5-3(6)1-2-4(7)8/h1-4,12-13,18,28H,5-11H2;1-2H,(H,5,6)(H,7,8)/b;2-1-. The quantitative estimate of drug-likeness (QED) is 0.386. The first-order valence-corrected chi connectivity index (χ1v) is 12.2. The second-order valence-electron chi connectivity index (χ2n) is 8.44. The fourth-order valence-electron chi connectivity index (χ4n) is 4.22. The number of β-amino-alcohol motifs (C(OH)–C–C–N with tert-alkyl or cyclic N) is 1. The number of carboxylic acid groups (broad SMARTS) is 2. The van der Waals surface area contributed by atoms with Crippen LogP contribution in [0.5, 0.6) is 0 Å². The molecule has 1 saturated heterocycles. The van der Waals surface area contributed by atoms with Gasteiger partial charge in [0.25, 0.3) is 0 Å². The van der Waals surface area contributed by atoms with E-state index in [9.17, 15) is 27.2 Å². The summed E-state index contributed by atoms with van der Waals surface area (Å²) >= 11 is 1.34. The first-order valence-electron chi connectivity index (χ1n) is 11.4. The minimum atomic E-state index is -4.41. The lowest BCUT2D eigenvalue weighted by atomic mass is 9.95. The maximum absolute atomic E-state index is 13.8. The van der Waals surface area contributed by atoms with Crippen molar-refractivity contribution in [1.29, 1.82) is 0 Å². The van der Waals surface area contributed by atoms with Crippen molar-refractivity contribution in [2.75, 3.05) is 39.3 Å². The average molecular weight is 543 g/mol. The topological polar surface area (TPSA) is 101 Å². The van der Waals surface area contributed by atoms with Crippen molar-refractivity contribution in [3.8, 4) is 0 Å². The van der Waals surface area contributed by atoms with Gasteiger partial charge >= 0.3 is 18.1 Å². The Morgan fingerprint density at radius 3 is 2.19 bits per heavy atom. The minimum Gasteiger partial charge on any atom is -0.478 e. The summed E-state index contributed by atoms with van der Waals surface area (Å²) in [6.07, 6.45) is -2.75. The molecule has 0 spiro atoms. The van der Waals surface area contributed by atoms with E-state index in [-0.39, 0.29) is 18.5 Å². The van der Waals surface area contributed by atoms with E-state index in [4.69, 9.17) is 15.3 Å². The summed E-state index contributed by atoms with van der Waals surface area (Å²) in [6.45, 7) is 3.63. The number of nitrogens with zero attached hydrogens (tertiary/aromatic N) is 2. The van der Waals surface area contributed by atoms with Gasteiger partial charge in [-0.2, -0.15) is 13.2 Å². The van der Waals surface area contributed by atoms with Crippen LogP contribution in [0.3, 0.4) is 0 Å². The Balaban J connectivity index is 0.000000414. The summed E-state index contributed by atoms with van der Waals surface area (Å²) in [4.78, 5) is 25.0. The summed E-state index contributed by atoms with van der Waals surface area (Å²) in [5.74, 6) is -2.86. The van der Waals surface area contributed by atoms with Crippen LogP contribution in [0.25, 0.3) is 0 Å². The number of aliphatic hydroxyl groups excluding tert-OH is 1. The molecule has 0 amide bonds. The number of alkyl halides is 3. The van der Waals surface area contributed by atoms with E-state index in [1.807, 2.05) is 0 Å². The van der Waals surface area contributed by atoms with Gasteiger partial charge in [0.05, 0.1) is 12.2 Å². The summed E-state index contributed by atoms with van der Waals surface area (Å²) in [7, 11) is 0. The number of piperazine rings is 1. The molecule has 2 aromatic carbocycles. The van der Waals surface area contributed by atoms with Crippen molar-refractivity contribution in [3.05, 3.63) is 71.1 Å². The third kappa shape index (κ3) is 8.03. The smallest absolute Gasteiger partial charge is 0.416 e. The van der Waals surface area contributed by atoms with Crippen LogP contribution in [0.1, 0.15) is 22.7 Å². The molecule has 2 aliphatic rings. The van der Waals surface area contributed by atoms with Gasteiger partial charge in [-0.3, -0.25) is 9.80 Å².